The number of oxime groups is 1. The summed E-state index contributed by atoms with van der Waals surface area (Å²) >= 11 is 12.2. The molecule has 2 unspecified atom stereocenters. The molecule has 2 aromatic rings. The van der Waals surface area contributed by atoms with Gasteiger partial charge < -0.3 is 10.2 Å². The van der Waals surface area contributed by atoms with Crippen molar-refractivity contribution in [2.75, 3.05) is 5.32 Å². The molecule has 2 aliphatic rings. The lowest BCUT2D eigenvalue weighted by Gasteiger charge is -2.39. The SMILES string of the molecule is Cc1ccc(C(=O)O/N=C2/CC3(C(=O)Nc4cc(Cl)cc(Cl)c4)CCC2(C)C3(C)C)cc1. The van der Waals surface area contributed by atoms with Crippen LogP contribution in [0.5, 0.6) is 0 Å². The number of hydrogen-bond donors (Lipinski definition) is 1. The van der Waals surface area contributed by atoms with E-state index < -0.39 is 11.4 Å². The highest BCUT2D eigenvalue weighted by atomic mass is 35.5. The summed E-state index contributed by atoms with van der Waals surface area (Å²) in [5.41, 5.74) is 1.38. The van der Waals surface area contributed by atoms with Crippen molar-refractivity contribution in [1.82, 2.24) is 0 Å². The Hall–Kier alpha value is -2.37. The Morgan fingerprint density at radius 1 is 1.00 bits per heavy atom. The first-order chi connectivity index (χ1) is 15.0. The molecule has 0 saturated heterocycles. The van der Waals surface area contributed by atoms with Gasteiger partial charge in [0.2, 0.25) is 5.91 Å². The molecule has 0 aromatic heterocycles. The summed E-state index contributed by atoms with van der Waals surface area (Å²) in [7, 11) is 0. The van der Waals surface area contributed by atoms with Crippen LogP contribution in [-0.4, -0.2) is 17.6 Å². The number of fused-ring (bicyclic) bond motifs is 2. The van der Waals surface area contributed by atoms with Crippen LogP contribution in [-0.2, 0) is 9.63 Å². The van der Waals surface area contributed by atoms with E-state index in [0.29, 0.717) is 27.7 Å². The number of hydrogen-bond acceptors (Lipinski definition) is 4. The molecule has 5 nitrogen and oxygen atoms in total. The van der Waals surface area contributed by atoms with E-state index in [4.69, 9.17) is 28.0 Å². The van der Waals surface area contributed by atoms with Crippen molar-refractivity contribution in [2.45, 2.75) is 47.0 Å². The van der Waals surface area contributed by atoms with Gasteiger partial charge in [-0.3, -0.25) is 4.79 Å². The van der Waals surface area contributed by atoms with Gasteiger partial charge in [-0.2, -0.15) is 0 Å². The molecule has 0 radical (unpaired) electrons. The largest absolute Gasteiger partial charge is 0.365 e. The number of carbonyl (C=O) groups is 2. The minimum absolute atomic E-state index is 0.0976. The van der Waals surface area contributed by atoms with Crippen molar-refractivity contribution < 1.29 is 14.4 Å². The summed E-state index contributed by atoms with van der Waals surface area (Å²) in [5, 5.41) is 8.19. The van der Waals surface area contributed by atoms with E-state index in [1.807, 2.05) is 19.1 Å². The van der Waals surface area contributed by atoms with Gasteiger partial charge in [0, 0.05) is 27.6 Å². The molecule has 2 atom stereocenters. The van der Waals surface area contributed by atoms with Gasteiger partial charge in [0.1, 0.15) is 0 Å². The van der Waals surface area contributed by atoms with Crippen molar-refractivity contribution >= 4 is 46.5 Å². The lowest BCUT2D eigenvalue weighted by Crippen LogP contribution is -2.43. The number of benzene rings is 2. The molecule has 2 aromatic carbocycles. The third-order valence-corrected chi connectivity index (χ3v) is 8.25. The summed E-state index contributed by atoms with van der Waals surface area (Å²) in [6, 6.07) is 12.1. The standard InChI is InChI=1S/C25H26Cl2N2O3/c1-15-5-7-16(8-6-15)21(30)32-29-20-14-25(10-9-24(20,4)23(25,2)3)22(31)28-19-12-17(26)11-18(27)13-19/h5-8,11-13H,9-10,14H2,1-4H3,(H,28,31)/b29-20-. The molecule has 168 valence electrons. The van der Waals surface area contributed by atoms with E-state index in [-0.39, 0.29) is 16.7 Å². The number of halogens is 2. The third kappa shape index (κ3) is 3.52. The summed E-state index contributed by atoms with van der Waals surface area (Å²) in [6.07, 6.45) is 1.93. The van der Waals surface area contributed by atoms with Crippen molar-refractivity contribution in [3.8, 4) is 0 Å². The van der Waals surface area contributed by atoms with Gasteiger partial charge in [-0.05, 0) is 55.5 Å². The molecular formula is C25H26Cl2N2O3. The summed E-state index contributed by atoms with van der Waals surface area (Å²) in [5.74, 6) is -0.603. The molecule has 2 bridgehead atoms. The first-order valence-electron chi connectivity index (χ1n) is 10.6. The van der Waals surface area contributed by atoms with Gasteiger partial charge in [-0.25, -0.2) is 4.79 Å². The topological polar surface area (TPSA) is 67.8 Å². The highest BCUT2D eigenvalue weighted by molar-refractivity contribution is 6.35. The molecule has 0 heterocycles. The van der Waals surface area contributed by atoms with Gasteiger partial charge in [-0.1, -0.05) is 66.8 Å². The van der Waals surface area contributed by atoms with Gasteiger partial charge >= 0.3 is 5.97 Å². The second-order valence-electron chi connectivity index (χ2n) is 9.61. The van der Waals surface area contributed by atoms with E-state index in [9.17, 15) is 9.59 Å². The minimum atomic E-state index is -0.675. The zero-order valence-corrected chi connectivity index (χ0v) is 20.1. The maximum Gasteiger partial charge on any atom is 0.365 e. The van der Waals surface area contributed by atoms with Crippen LogP contribution in [0, 0.1) is 23.2 Å². The average molecular weight is 473 g/mol. The fraction of sp³-hybridized carbons (Fsp3) is 0.400. The summed E-state index contributed by atoms with van der Waals surface area (Å²) in [6.45, 7) is 8.24. The van der Waals surface area contributed by atoms with Crippen LogP contribution < -0.4 is 5.32 Å². The Morgan fingerprint density at radius 2 is 1.62 bits per heavy atom. The fourth-order valence-corrected chi connectivity index (χ4v) is 5.76. The molecule has 0 spiro atoms. The molecular weight excluding hydrogens is 447 g/mol. The number of nitrogens with zero attached hydrogens (tertiary/aromatic N) is 1. The van der Waals surface area contributed by atoms with E-state index in [1.165, 1.54) is 0 Å². The second-order valence-corrected chi connectivity index (χ2v) is 10.5. The van der Waals surface area contributed by atoms with Gasteiger partial charge in [-0.15, -0.1) is 0 Å². The number of nitrogens with one attached hydrogen (secondary N) is 1. The fourth-order valence-electron chi connectivity index (χ4n) is 5.24. The zero-order chi connectivity index (χ0) is 23.3. The first kappa shape index (κ1) is 22.8. The Kier molecular flexibility index (Phi) is 5.62. The Bertz CT molecular complexity index is 1110. The number of carbonyl (C=O) groups excluding carboxylic acids is 2. The maximum atomic E-state index is 13.6. The summed E-state index contributed by atoms with van der Waals surface area (Å²) < 4.78 is 0. The molecule has 2 aliphatic carbocycles. The Balaban J connectivity index is 1.59. The van der Waals surface area contributed by atoms with Crippen LogP contribution >= 0.6 is 23.2 Å². The van der Waals surface area contributed by atoms with Crippen LogP contribution in [0.1, 0.15) is 56.0 Å². The monoisotopic (exact) mass is 472 g/mol. The van der Waals surface area contributed by atoms with Crippen molar-refractivity contribution in [3.63, 3.8) is 0 Å². The van der Waals surface area contributed by atoms with Crippen molar-refractivity contribution in [1.29, 1.82) is 0 Å². The van der Waals surface area contributed by atoms with Crippen LogP contribution in [0.3, 0.4) is 0 Å². The predicted octanol–water partition coefficient (Wildman–Crippen LogP) is 6.67. The van der Waals surface area contributed by atoms with E-state index in [0.717, 1.165) is 24.1 Å². The average Bonchev–Trinajstić information content (AvgIpc) is 3.02. The molecule has 1 N–H and O–H groups in total. The molecule has 7 heteroatoms. The van der Waals surface area contributed by atoms with Gasteiger partial charge in [0.15, 0.2) is 0 Å². The quantitative estimate of drug-likeness (QED) is 0.398. The van der Waals surface area contributed by atoms with Crippen molar-refractivity contribution in [3.05, 3.63) is 63.6 Å². The normalized spacial score (nSPS) is 26.9. The van der Waals surface area contributed by atoms with Crippen LogP contribution in [0.15, 0.2) is 47.6 Å². The van der Waals surface area contributed by atoms with Crippen LogP contribution in [0.2, 0.25) is 10.0 Å². The molecule has 32 heavy (non-hydrogen) atoms. The van der Waals surface area contributed by atoms with E-state index in [2.05, 4.69) is 31.2 Å². The zero-order valence-electron chi connectivity index (χ0n) is 18.6. The Labute approximate surface area is 198 Å². The first-order valence-corrected chi connectivity index (χ1v) is 11.4. The molecule has 0 aliphatic heterocycles. The Morgan fingerprint density at radius 3 is 2.25 bits per heavy atom. The molecule has 2 saturated carbocycles. The van der Waals surface area contributed by atoms with Crippen LogP contribution in [0.25, 0.3) is 0 Å². The number of anilines is 1. The van der Waals surface area contributed by atoms with E-state index in [1.54, 1.807) is 30.3 Å². The second kappa shape index (κ2) is 7.89. The number of aryl methyl sites for hydroxylation is 1. The molecule has 2 fully saturated rings. The number of amides is 1. The van der Waals surface area contributed by atoms with Gasteiger partial charge in [0.05, 0.1) is 16.7 Å². The highest BCUT2D eigenvalue weighted by Gasteiger charge is 2.71. The van der Waals surface area contributed by atoms with Crippen molar-refractivity contribution in [2.24, 2.45) is 21.4 Å². The molecule has 1 amide bonds. The lowest BCUT2D eigenvalue weighted by molar-refractivity contribution is -0.130. The predicted molar refractivity (Wildman–Crippen MR) is 127 cm³/mol. The third-order valence-electron chi connectivity index (χ3n) is 7.81. The smallest absolute Gasteiger partial charge is 0.325 e. The minimum Gasteiger partial charge on any atom is -0.325 e. The van der Waals surface area contributed by atoms with Crippen LogP contribution in [0.4, 0.5) is 5.69 Å². The van der Waals surface area contributed by atoms with Gasteiger partial charge in [0.25, 0.3) is 0 Å². The molecule has 4 rings (SSSR count). The lowest BCUT2D eigenvalue weighted by atomic mass is 9.64. The summed E-state index contributed by atoms with van der Waals surface area (Å²) in [4.78, 5) is 31.3. The highest BCUT2D eigenvalue weighted by Crippen LogP contribution is 2.71. The van der Waals surface area contributed by atoms with E-state index >= 15 is 0 Å². The number of rotatable bonds is 4. The maximum absolute atomic E-state index is 13.6.